The van der Waals surface area contributed by atoms with Crippen molar-refractivity contribution in [2.45, 2.75) is 66.2 Å². The van der Waals surface area contributed by atoms with Gasteiger partial charge < -0.3 is 4.79 Å². The zero-order valence-electron chi connectivity index (χ0n) is 10.3. The van der Waals surface area contributed by atoms with Crippen LogP contribution in [0.5, 0.6) is 0 Å². The molecule has 0 aromatic carbocycles. The highest BCUT2D eigenvalue weighted by atomic mass is 16.1. The molecule has 0 aliphatic heterocycles. The molecule has 0 aromatic heterocycles. The van der Waals surface area contributed by atoms with E-state index >= 15 is 0 Å². The van der Waals surface area contributed by atoms with E-state index in [0.717, 1.165) is 12.3 Å². The molecule has 1 nitrogen and oxygen atoms in total. The van der Waals surface area contributed by atoms with Gasteiger partial charge in [-0.1, -0.05) is 52.9 Å². The molecule has 0 heterocycles. The minimum Gasteiger partial charge on any atom is -0.300 e. The standard InChI is InChI=1S/C7H14.C6H12O/c1-7-5-3-2-4-6-7;1-5(2)4-6(3)7/h7H,2-6H2,1H3;5H,4H2,1-3H3. The van der Waals surface area contributed by atoms with E-state index in [1.54, 1.807) is 6.92 Å². The zero-order chi connectivity index (χ0) is 11.0. The number of hydrogen-bond donors (Lipinski definition) is 0. The molecule has 0 spiro atoms. The van der Waals surface area contributed by atoms with Gasteiger partial charge in [0.1, 0.15) is 5.78 Å². The van der Waals surface area contributed by atoms with E-state index in [1.165, 1.54) is 32.1 Å². The van der Waals surface area contributed by atoms with Crippen LogP contribution in [0.15, 0.2) is 0 Å². The van der Waals surface area contributed by atoms with Crippen LogP contribution in [0.2, 0.25) is 0 Å². The Morgan fingerprint density at radius 2 is 1.71 bits per heavy atom. The van der Waals surface area contributed by atoms with Gasteiger partial charge in [-0.05, 0) is 18.8 Å². The lowest BCUT2D eigenvalue weighted by Crippen LogP contribution is -1.99. The third kappa shape index (κ3) is 9.76. The van der Waals surface area contributed by atoms with E-state index in [1.807, 2.05) is 13.8 Å². The third-order valence-electron chi connectivity index (χ3n) is 2.59. The second-order valence-electron chi connectivity index (χ2n) is 5.04. The van der Waals surface area contributed by atoms with Crippen LogP contribution < -0.4 is 0 Å². The normalized spacial score (nSPS) is 17.5. The second kappa shape index (κ2) is 8.02. The van der Waals surface area contributed by atoms with E-state index in [0.29, 0.717) is 5.92 Å². The fraction of sp³-hybridized carbons (Fsp3) is 0.923. The molecule has 1 aliphatic rings. The summed E-state index contributed by atoms with van der Waals surface area (Å²) in [6, 6.07) is 0. The van der Waals surface area contributed by atoms with Gasteiger partial charge in [0.05, 0.1) is 0 Å². The summed E-state index contributed by atoms with van der Waals surface area (Å²) in [5, 5.41) is 0. The fourth-order valence-corrected chi connectivity index (χ4v) is 1.88. The Bertz CT molecular complexity index is 143. The van der Waals surface area contributed by atoms with Crippen LogP contribution in [0.25, 0.3) is 0 Å². The lowest BCUT2D eigenvalue weighted by molar-refractivity contribution is -0.117. The fourth-order valence-electron chi connectivity index (χ4n) is 1.88. The minimum atomic E-state index is 0.287. The number of Topliss-reactive ketones (excluding diaryl/α,β-unsaturated/α-hetero) is 1. The molecule has 0 aromatic rings. The molecular formula is C13H26O. The Kier molecular flexibility index (Phi) is 7.83. The highest BCUT2D eigenvalue weighted by Gasteiger charge is 2.05. The number of carbonyl (C=O) groups is 1. The van der Waals surface area contributed by atoms with Crippen molar-refractivity contribution in [2.75, 3.05) is 0 Å². The first kappa shape index (κ1) is 13.7. The summed E-state index contributed by atoms with van der Waals surface area (Å²) in [5.41, 5.74) is 0. The summed E-state index contributed by atoms with van der Waals surface area (Å²) >= 11 is 0. The number of hydrogen-bond acceptors (Lipinski definition) is 1. The molecule has 0 radical (unpaired) electrons. The van der Waals surface area contributed by atoms with Crippen molar-refractivity contribution >= 4 is 5.78 Å². The van der Waals surface area contributed by atoms with Crippen LogP contribution in [0.4, 0.5) is 0 Å². The van der Waals surface area contributed by atoms with Gasteiger partial charge in [-0.25, -0.2) is 0 Å². The zero-order valence-corrected chi connectivity index (χ0v) is 10.3. The van der Waals surface area contributed by atoms with Gasteiger partial charge in [0.25, 0.3) is 0 Å². The maximum absolute atomic E-state index is 10.3. The molecule has 0 atom stereocenters. The highest BCUT2D eigenvalue weighted by Crippen LogP contribution is 2.22. The number of ketones is 1. The topological polar surface area (TPSA) is 17.1 Å². The molecule has 1 aliphatic carbocycles. The molecule has 0 N–H and O–H groups in total. The first-order valence-electron chi connectivity index (χ1n) is 6.01. The van der Waals surface area contributed by atoms with Crippen molar-refractivity contribution in [1.29, 1.82) is 0 Å². The molecule has 84 valence electrons. The quantitative estimate of drug-likeness (QED) is 0.649. The molecule has 1 fully saturated rings. The summed E-state index contributed by atoms with van der Waals surface area (Å²) in [6.45, 7) is 8.07. The molecule has 1 rings (SSSR count). The van der Waals surface area contributed by atoms with Crippen molar-refractivity contribution < 1.29 is 4.79 Å². The summed E-state index contributed by atoms with van der Waals surface area (Å²) in [6.07, 6.45) is 8.16. The SMILES string of the molecule is CC(=O)CC(C)C.CC1CCCCC1. The van der Waals surface area contributed by atoms with E-state index in [9.17, 15) is 4.79 Å². The van der Waals surface area contributed by atoms with Gasteiger partial charge in [-0.15, -0.1) is 0 Å². The number of carbonyl (C=O) groups excluding carboxylic acids is 1. The highest BCUT2D eigenvalue weighted by molar-refractivity contribution is 5.75. The predicted molar refractivity (Wildman–Crippen MR) is 62.4 cm³/mol. The largest absolute Gasteiger partial charge is 0.300 e. The van der Waals surface area contributed by atoms with Crippen LogP contribution in [0, 0.1) is 11.8 Å². The molecule has 0 amide bonds. The summed E-state index contributed by atoms with van der Waals surface area (Å²) in [5.74, 6) is 1.85. The van der Waals surface area contributed by atoms with E-state index in [2.05, 4.69) is 6.92 Å². The van der Waals surface area contributed by atoms with Crippen LogP contribution in [-0.4, -0.2) is 5.78 Å². The van der Waals surface area contributed by atoms with Gasteiger partial charge in [0.15, 0.2) is 0 Å². The second-order valence-corrected chi connectivity index (χ2v) is 5.04. The third-order valence-corrected chi connectivity index (χ3v) is 2.59. The summed E-state index contributed by atoms with van der Waals surface area (Å²) < 4.78 is 0. The smallest absolute Gasteiger partial charge is 0.130 e. The van der Waals surface area contributed by atoms with Crippen LogP contribution in [-0.2, 0) is 4.79 Å². The monoisotopic (exact) mass is 198 g/mol. The Balaban J connectivity index is 0.000000241. The van der Waals surface area contributed by atoms with Crippen molar-refractivity contribution in [3.05, 3.63) is 0 Å². The first-order chi connectivity index (χ1) is 6.52. The van der Waals surface area contributed by atoms with Gasteiger partial charge in [0, 0.05) is 6.42 Å². The van der Waals surface area contributed by atoms with Crippen LogP contribution in [0.1, 0.15) is 66.2 Å². The van der Waals surface area contributed by atoms with Gasteiger partial charge >= 0.3 is 0 Å². The van der Waals surface area contributed by atoms with Gasteiger partial charge in [0.2, 0.25) is 0 Å². The summed E-state index contributed by atoms with van der Waals surface area (Å²) in [4.78, 5) is 10.3. The van der Waals surface area contributed by atoms with E-state index in [4.69, 9.17) is 0 Å². The average molecular weight is 198 g/mol. The van der Waals surface area contributed by atoms with Gasteiger partial charge in [-0.2, -0.15) is 0 Å². The van der Waals surface area contributed by atoms with Crippen molar-refractivity contribution in [2.24, 2.45) is 11.8 Å². The van der Waals surface area contributed by atoms with E-state index in [-0.39, 0.29) is 5.78 Å². The molecule has 14 heavy (non-hydrogen) atoms. The lowest BCUT2D eigenvalue weighted by atomic mass is 9.91. The molecular weight excluding hydrogens is 172 g/mol. The van der Waals surface area contributed by atoms with Crippen molar-refractivity contribution in [3.8, 4) is 0 Å². The molecule has 0 saturated heterocycles. The molecule has 0 unspecified atom stereocenters. The Morgan fingerprint density at radius 3 is 1.86 bits per heavy atom. The molecule has 1 saturated carbocycles. The minimum absolute atomic E-state index is 0.287. The molecule has 0 bridgehead atoms. The van der Waals surface area contributed by atoms with Gasteiger partial charge in [-0.3, -0.25) is 0 Å². The Labute approximate surface area is 89.3 Å². The maximum Gasteiger partial charge on any atom is 0.130 e. The molecule has 1 heteroatoms. The van der Waals surface area contributed by atoms with Crippen molar-refractivity contribution in [3.63, 3.8) is 0 Å². The maximum atomic E-state index is 10.3. The average Bonchev–Trinajstić information content (AvgIpc) is 2.03. The lowest BCUT2D eigenvalue weighted by Gasteiger charge is -2.15. The van der Waals surface area contributed by atoms with E-state index < -0.39 is 0 Å². The summed E-state index contributed by atoms with van der Waals surface area (Å²) in [7, 11) is 0. The van der Waals surface area contributed by atoms with Crippen LogP contribution in [0.3, 0.4) is 0 Å². The first-order valence-corrected chi connectivity index (χ1v) is 6.01. The van der Waals surface area contributed by atoms with Crippen LogP contribution >= 0.6 is 0 Å². The Hall–Kier alpha value is -0.330. The predicted octanol–water partition coefficient (Wildman–Crippen LogP) is 4.21. The Morgan fingerprint density at radius 1 is 1.21 bits per heavy atom. The van der Waals surface area contributed by atoms with Crippen molar-refractivity contribution in [1.82, 2.24) is 0 Å². The number of rotatable bonds is 2.